The Balaban J connectivity index is 1.46. The van der Waals surface area contributed by atoms with Gasteiger partial charge in [0.1, 0.15) is 0 Å². The molecule has 4 nitrogen and oxygen atoms in total. The highest BCUT2D eigenvalue weighted by molar-refractivity contribution is 5.95. The highest BCUT2D eigenvalue weighted by atomic mass is 16.5. The Morgan fingerprint density at radius 3 is 2.06 bits per heavy atom. The molecule has 3 aromatic carbocycles. The van der Waals surface area contributed by atoms with Crippen molar-refractivity contribution in [2.75, 3.05) is 7.11 Å². The van der Waals surface area contributed by atoms with Crippen molar-refractivity contribution in [1.82, 2.24) is 0 Å². The third kappa shape index (κ3) is 3.74. The second-order valence-corrected chi connectivity index (χ2v) is 11.3. The fourth-order valence-corrected chi connectivity index (χ4v) is 7.88. The summed E-state index contributed by atoms with van der Waals surface area (Å²) in [5.74, 6) is 1.07. The van der Waals surface area contributed by atoms with Crippen molar-refractivity contribution in [3.63, 3.8) is 0 Å². The van der Waals surface area contributed by atoms with Gasteiger partial charge in [-0.2, -0.15) is 0 Å². The van der Waals surface area contributed by atoms with Crippen molar-refractivity contribution >= 4 is 22.7 Å². The molecule has 4 aliphatic rings. The molecule has 4 heteroatoms. The molecule has 0 heterocycles. The quantitative estimate of drug-likeness (QED) is 0.412. The van der Waals surface area contributed by atoms with Gasteiger partial charge in [-0.3, -0.25) is 4.79 Å². The number of carbonyl (C=O) groups is 2. The van der Waals surface area contributed by atoms with Gasteiger partial charge in [-0.05, 0) is 120 Å². The summed E-state index contributed by atoms with van der Waals surface area (Å²) < 4.78 is 5.15. The van der Waals surface area contributed by atoms with Crippen molar-refractivity contribution < 1.29 is 19.4 Å². The molecule has 0 spiro atoms. The lowest BCUT2D eigenvalue weighted by molar-refractivity contribution is -0.142. The van der Waals surface area contributed by atoms with Gasteiger partial charge in [0, 0.05) is 0 Å². The molecule has 4 bridgehead atoms. The molecule has 0 saturated heterocycles. The lowest BCUT2D eigenvalue weighted by Gasteiger charge is -2.57. The number of benzene rings is 3. The monoisotopic (exact) mass is 468 g/mol. The van der Waals surface area contributed by atoms with E-state index in [4.69, 9.17) is 4.74 Å². The first kappa shape index (κ1) is 22.3. The number of hydrogen-bond acceptors (Lipinski definition) is 3. The van der Waals surface area contributed by atoms with E-state index in [9.17, 15) is 14.7 Å². The van der Waals surface area contributed by atoms with E-state index in [2.05, 4.69) is 30.3 Å². The Bertz CT molecular complexity index is 1300. The number of ether oxygens (including phenoxy) is 1. The normalized spacial score (nSPS) is 27.7. The predicted octanol–water partition coefficient (Wildman–Crippen LogP) is 6.95. The minimum atomic E-state index is -0.911. The first-order valence-corrected chi connectivity index (χ1v) is 12.8. The summed E-state index contributed by atoms with van der Waals surface area (Å²) in [5.41, 5.74) is 5.21. The van der Waals surface area contributed by atoms with Crippen molar-refractivity contribution in [2.45, 2.75) is 56.8 Å². The molecule has 1 unspecified atom stereocenters. The number of hydrogen-bond donors (Lipinski definition) is 1. The van der Waals surface area contributed by atoms with Gasteiger partial charge in [-0.1, -0.05) is 36.4 Å². The zero-order valence-electron chi connectivity index (χ0n) is 20.4. The van der Waals surface area contributed by atoms with Crippen LogP contribution in [0.15, 0.2) is 54.6 Å². The number of rotatable bonds is 5. The molecule has 4 aliphatic carbocycles. The smallest absolute Gasteiger partial charge is 0.335 e. The van der Waals surface area contributed by atoms with Crippen LogP contribution in [0.5, 0.6) is 0 Å². The first-order chi connectivity index (χ1) is 16.8. The van der Waals surface area contributed by atoms with E-state index in [0.29, 0.717) is 5.56 Å². The molecule has 4 fully saturated rings. The Hall–Kier alpha value is -3.14. The molecule has 0 radical (unpaired) electrons. The largest absolute Gasteiger partial charge is 0.478 e. The minimum Gasteiger partial charge on any atom is -0.478 e. The molecular formula is C31H32O4. The Morgan fingerprint density at radius 2 is 1.43 bits per heavy atom. The van der Waals surface area contributed by atoms with Crippen LogP contribution in [-0.4, -0.2) is 24.2 Å². The summed E-state index contributed by atoms with van der Waals surface area (Å²) in [6.07, 6.45) is 7.84. The third-order valence-electron chi connectivity index (χ3n) is 9.10. The second kappa shape index (κ2) is 8.22. The van der Waals surface area contributed by atoms with Gasteiger partial charge in [-0.25, -0.2) is 4.79 Å². The summed E-state index contributed by atoms with van der Waals surface area (Å²) in [7, 11) is 1.47. The van der Waals surface area contributed by atoms with Crippen LogP contribution in [0.25, 0.3) is 21.9 Å². The predicted molar refractivity (Wildman–Crippen MR) is 137 cm³/mol. The Kier molecular flexibility index (Phi) is 5.24. The maximum atomic E-state index is 12.6. The summed E-state index contributed by atoms with van der Waals surface area (Å²) in [6.45, 7) is 1.97. The average molecular weight is 469 g/mol. The average Bonchev–Trinajstić information content (AvgIpc) is 2.86. The zero-order chi connectivity index (χ0) is 24.3. The molecule has 3 aromatic rings. The van der Waals surface area contributed by atoms with Crippen LogP contribution in [0.3, 0.4) is 0 Å². The van der Waals surface area contributed by atoms with Gasteiger partial charge in [0.05, 0.1) is 18.6 Å². The van der Waals surface area contributed by atoms with Gasteiger partial charge in [0.2, 0.25) is 0 Å². The molecule has 35 heavy (non-hydrogen) atoms. The molecule has 7 rings (SSSR count). The lowest BCUT2D eigenvalue weighted by Crippen LogP contribution is -2.49. The fraction of sp³-hybridized carbons (Fsp3) is 0.419. The number of esters is 1. The summed E-state index contributed by atoms with van der Waals surface area (Å²) >= 11 is 0. The first-order valence-electron chi connectivity index (χ1n) is 12.8. The van der Waals surface area contributed by atoms with E-state index >= 15 is 0 Å². The number of methoxy groups -OCH3 is 1. The number of fused-ring (bicyclic) bond motifs is 1. The minimum absolute atomic E-state index is 0.162. The third-order valence-corrected chi connectivity index (χ3v) is 9.10. The molecule has 4 saturated carbocycles. The van der Waals surface area contributed by atoms with Crippen molar-refractivity contribution in [3.05, 3.63) is 71.3 Å². The van der Waals surface area contributed by atoms with Crippen LogP contribution in [0, 0.1) is 17.8 Å². The second-order valence-electron chi connectivity index (χ2n) is 11.3. The van der Waals surface area contributed by atoms with Gasteiger partial charge >= 0.3 is 11.9 Å². The van der Waals surface area contributed by atoms with Crippen LogP contribution in [0.2, 0.25) is 0 Å². The fourth-order valence-electron chi connectivity index (χ4n) is 7.88. The van der Waals surface area contributed by atoms with E-state index in [-0.39, 0.29) is 17.3 Å². The van der Waals surface area contributed by atoms with E-state index in [1.807, 2.05) is 19.1 Å². The standard InChI is InChI=1S/C31H32O4/c1-18(30(34)35-2)27-8-7-25(23-3-4-24-13-26(29(32)33)6-5-22(24)12-23)14-28(27)31-15-19-9-20(16-31)11-21(10-19)17-31/h3-8,12-14,18-21H,9-11,15-17H2,1-2H3,(H,32,33). The summed E-state index contributed by atoms with van der Waals surface area (Å²) in [4.78, 5) is 24.0. The highest BCUT2D eigenvalue weighted by Crippen LogP contribution is 2.61. The van der Waals surface area contributed by atoms with Gasteiger partial charge in [0.15, 0.2) is 0 Å². The summed E-state index contributed by atoms with van der Waals surface area (Å²) in [5, 5.41) is 11.3. The molecule has 1 atom stereocenters. The number of carboxylic acid groups (broad SMARTS) is 1. The molecule has 0 aliphatic heterocycles. The number of aromatic carboxylic acids is 1. The van der Waals surface area contributed by atoms with Gasteiger partial charge < -0.3 is 9.84 Å². The lowest BCUT2D eigenvalue weighted by atomic mass is 9.47. The van der Waals surface area contributed by atoms with Crippen molar-refractivity contribution in [3.8, 4) is 11.1 Å². The summed E-state index contributed by atoms with van der Waals surface area (Å²) in [6, 6.07) is 18.1. The van der Waals surface area contributed by atoms with Crippen LogP contribution in [-0.2, 0) is 14.9 Å². The van der Waals surface area contributed by atoms with Crippen molar-refractivity contribution in [1.29, 1.82) is 0 Å². The molecule has 1 N–H and O–H groups in total. The Morgan fingerprint density at radius 1 is 0.857 bits per heavy atom. The van der Waals surface area contributed by atoms with Crippen LogP contribution in [0.1, 0.15) is 72.9 Å². The highest BCUT2D eigenvalue weighted by Gasteiger charge is 2.52. The Labute approximate surface area is 206 Å². The number of carboxylic acids is 1. The van der Waals surface area contributed by atoms with E-state index in [1.54, 1.807) is 12.1 Å². The van der Waals surface area contributed by atoms with E-state index in [1.165, 1.54) is 51.2 Å². The van der Waals surface area contributed by atoms with Crippen LogP contribution < -0.4 is 0 Å². The zero-order valence-corrected chi connectivity index (χ0v) is 20.4. The molecule has 0 aromatic heterocycles. The van der Waals surface area contributed by atoms with E-state index < -0.39 is 5.97 Å². The van der Waals surface area contributed by atoms with Crippen LogP contribution >= 0.6 is 0 Å². The van der Waals surface area contributed by atoms with Crippen LogP contribution in [0.4, 0.5) is 0 Å². The maximum absolute atomic E-state index is 12.6. The SMILES string of the molecule is COC(=O)C(C)c1ccc(-c2ccc3cc(C(=O)O)ccc3c2)cc1C12CC3CC(CC(C3)C1)C2. The van der Waals surface area contributed by atoms with Gasteiger partial charge in [0.25, 0.3) is 0 Å². The van der Waals surface area contributed by atoms with Crippen molar-refractivity contribution in [2.24, 2.45) is 17.8 Å². The molecule has 0 amide bonds. The maximum Gasteiger partial charge on any atom is 0.335 e. The molecular weight excluding hydrogens is 436 g/mol. The number of carbonyl (C=O) groups excluding carboxylic acids is 1. The van der Waals surface area contributed by atoms with Gasteiger partial charge in [-0.15, -0.1) is 0 Å². The molecule has 180 valence electrons. The topological polar surface area (TPSA) is 63.6 Å². The van der Waals surface area contributed by atoms with E-state index in [0.717, 1.165) is 45.2 Å².